The molecule has 2 rings (SSSR count). The highest BCUT2D eigenvalue weighted by Gasteiger charge is 2.28. The Hall–Kier alpha value is -3.02. The fourth-order valence-corrected chi connectivity index (χ4v) is 5.89. The normalized spacial score (nSPS) is 14.1. The van der Waals surface area contributed by atoms with Gasteiger partial charge in [-0.3, -0.25) is 9.59 Å². The highest BCUT2D eigenvalue weighted by Crippen LogP contribution is 2.41. The molecule has 0 saturated carbocycles. The summed E-state index contributed by atoms with van der Waals surface area (Å²) >= 11 is 0. The molecule has 0 aliphatic carbocycles. The van der Waals surface area contributed by atoms with Gasteiger partial charge in [0.1, 0.15) is 11.5 Å². The molecular weight excluding hydrogens is 588 g/mol. The zero-order chi connectivity index (χ0) is 36.1. The lowest BCUT2D eigenvalue weighted by Gasteiger charge is -2.28. The molecule has 0 aromatic heterocycles. The number of carbonyl (C=O) groups excluding carboxylic acids is 2. The van der Waals surface area contributed by atoms with Gasteiger partial charge in [0.15, 0.2) is 0 Å². The lowest BCUT2D eigenvalue weighted by atomic mass is 9.78. The summed E-state index contributed by atoms with van der Waals surface area (Å²) in [5.41, 5.74) is 4.71. The molecule has 2 N–H and O–H groups in total. The van der Waals surface area contributed by atoms with Gasteiger partial charge in [0, 0.05) is 12.8 Å². The molecule has 2 unspecified atom stereocenters. The van der Waals surface area contributed by atoms with Gasteiger partial charge in [0.05, 0.1) is 13.2 Å². The zero-order valence-corrected chi connectivity index (χ0v) is 31.9. The number of ether oxygens (including phenoxy) is 2. The molecule has 0 fully saturated rings. The molecule has 0 heterocycles. The van der Waals surface area contributed by atoms with Crippen LogP contribution >= 0.6 is 0 Å². The summed E-state index contributed by atoms with van der Waals surface area (Å²) in [4.78, 5) is 25.3. The van der Waals surface area contributed by atoms with E-state index in [1.807, 2.05) is 38.1 Å². The summed E-state index contributed by atoms with van der Waals surface area (Å²) in [5.74, 6) is 0.461. The van der Waals surface area contributed by atoms with Crippen molar-refractivity contribution in [1.82, 2.24) is 0 Å². The zero-order valence-electron chi connectivity index (χ0n) is 31.9. The molecule has 6 heteroatoms. The Morgan fingerprint density at radius 2 is 0.809 bits per heavy atom. The van der Waals surface area contributed by atoms with E-state index in [0.717, 1.165) is 39.8 Å². The summed E-state index contributed by atoms with van der Waals surface area (Å²) in [6, 6.07) is 8.06. The van der Waals surface area contributed by atoms with E-state index in [0.29, 0.717) is 37.6 Å². The van der Waals surface area contributed by atoms with Crippen LogP contribution in [0.3, 0.4) is 0 Å². The largest absolute Gasteiger partial charge is 0.507 e. The van der Waals surface area contributed by atoms with Gasteiger partial charge in [-0.25, -0.2) is 0 Å². The number of aryl methyl sites for hydroxylation is 2. The molecule has 0 bridgehead atoms. The molecule has 0 amide bonds. The standard InChI is InChI=1S/C41H64O6/c1-26(24-46-34(42)17-15-28-20-30(38(3,4)5)36(44)31(21-28)39(6,7)8)19-27(2)25-47-35(43)18-16-29-22-32(40(9,10)11)37(45)33(23-29)41(12,13)14/h20-23,26-27,44-45H,15-19,24-25H2,1-14H3. The molecule has 0 saturated heterocycles. The highest BCUT2D eigenvalue weighted by molar-refractivity contribution is 5.70. The van der Waals surface area contributed by atoms with Crippen LogP contribution < -0.4 is 0 Å². The summed E-state index contributed by atoms with van der Waals surface area (Å²) in [5, 5.41) is 21.9. The molecule has 6 nitrogen and oxygen atoms in total. The number of benzene rings is 2. The third-order valence-corrected chi connectivity index (χ3v) is 8.67. The topological polar surface area (TPSA) is 93.1 Å². The van der Waals surface area contributed by atoms with Crippen LogP contribution in [0, 0.1) is 11.8 Å². The van der Waals surface area contributed by atoms with Crippen molar-refractivity contribution in [2.45, 2.75) is 151 Å². The molecule has 0 aliphatic rings. The van der Waals surface area contributed by atoms with Gasteiger partial charge in [-0.15, -0.1) is 0 Å². The van der Waals surface area contributed by atoms with Crippen LogP contribution in [0.15, 0.2) is 24.3 Å². The maximum atomic E-state index is 12.7. The Kier molecular flexibility index (Phi) is 13.2. The van der Waals surface area contributed by atoms with E-state index in [1.54, 1.807) is 0 Å². The van der Waals surface area contributed by atoms with Crippen molar-refractivity contribution >= 4 is 11.9 Å². The van der Waals surface area contributed by atoms with Crippen LogP contribution in [-0.4, -0.2) is 35.4 Å². The van der Waals surface area contributed by atoms with Gasteiger partial charge in [0.2, 0.25) is 0 Å². The van der Waals surface area contributed by atoms with Crippen molar-refractivity contribution in [2.24, 2.45) is 11.8 Å². The number of esters is 2. The third kappa shape index (κ3) is 12.2. The summed E-state index contributed by atoms with van der Waals surface area (Å²) in [6.45, 7) is 29.7. The predicted octanol–water partition coefficient (Wildman–Crippen LogP) is 9.60. The monoisotopic (exact) mass is 652 g/mol. The third-order valence-electron chi connectivity index (χ3n) is 8.67. The van der Waals surface area contributed by atoms with E-state index in [-0.39, 0.29) is 58.3 Å². The van der Waals surface area contributed by atoms with Crippen LogP contribution in [0.1, 0.15) is 150 Å². The number of rotatable bonds is 12. The molecule has 2 atom stereocenters. The van der Waals surface area contributed by atoms with Crippen LogP contribution in [0.5, 0.6) is 11.5 Å². The predicted molar refractivity (Wildman–Crippen MR) is 193 cm³/mol. The first-order valence-electron chi connectivity index (χ1n) is 17.4. The molecule has 0 radical (unpaired) electrons. The average molecular weight is 653 g/mol. The van der Waals surface area contributed by atoms with Crippen molar-refractivity contribution in [3.05, 3.63) is 57.6 Å². The number of carbonyl (C=O) groups is 2. The quantitative estimate of drug-likeness (QED) is 0.222. The number of phenolic OH excluding ortho intramolecular Hbond substituents is 2. The van der Waals surface area contributed by atoms with E-state index in [2.05, 4.69) is 83.1 Å². The maximum Gasteiger partial charge on any atom is 0.306 e. The minimum absolute atomic E-state index is 0.130. The Morgan fingerprint density at radius 3 is 1.04 bits per heavy atom. The van der Waals surface area contributed by atoms with E-state index in [4.69, 9.17) is 9.47 Å². The second kappa shape index (κ2) is 15.5. The summed E-state index contributed by atoms with van der Waals surface area (Å²) in [7, 11) is 0. The fourth-order valence-electron chi connectivity index (χ4n) is 5.89. The first-order valence-corrected chi connectivity index (χ1v) is 17.4. The molecule has 0 spiro atoms. The van der Waals surface area contributed by atoms with Crippen LogP contribution in [0.25, 0.3) is 0 Å². The lowest BCUT2D eigenvalue weighted by molar-refractivity contribution is -0.145. The van der Waals surface area contributed by atoms with Gasteiger partial charge in [-0.05, 0) is 86.1 Å². The van der Waals surface area contributed by atoms with Crippen LogP contribution in [0.2, 0.25) is 0 Å². The van der Waals surface area contributed by atoms with Gasteiger partial charge >= 0.3 is 11.9 Å². The van der Waals surface area contributed by atoms with Crippen molar-refractivity contribution in [3.8, 4) is 11.5 Å². The van der Waals surface area contributed by atoms with E-state index in [9.17, 15) is 19.8 Å². The molecule has 264 valence electrons. The summed E-state index contributed by atoms with van der Waals surface area (Å²) < 4.78 is 11.2. The van der Waals surface area contributed by atoms with E-state index < -0.39 is 0 Å². The number of phenols is 2. The van der Waals surface area contributed by atoms with Crippen LogP contribution in [-0.2, 0) is 53.6 Å². The maximum absolute atomic E-state index is 12.7. The first-order chi connectivity index (χ1) is 21.3. The molecular formula is C41H64O6. The fraction of sp³-hybridized carbons (Fsp3) is 0.659. The Bertz CT molecular complexity index is 1200. The molecule has 2 aromatic rings. The van der Waals surface area contributed by atoms with E-state index >= 15 is 0 Å². The minimum atomic E-state index is -0.239. The highest BCUT2D eigenvalue weighted by atomic mass is 16.5. The van der Waals surface area contributed by atoms with Gasteiger partial charge < -0.3 is 19.7 Å². The Labute approximate surface area is 285 Å². The Balaban J connectivity index is 1.85. The van der Waals surface area contributed by atoms with Gasteiger partial charge in [-0.2, -0.15) is 0 Å². The lowest BCUT2D eigenvalue weighted by Crippen LogP contribution is -2.19. The number of hydrogen-bond acceptors (Lipinski definition) is 6. The first kappa shape index (κ1) is 40.2. The van der Waals surface area contributed by atoms with E-state index in [1.165, 1.54) is 0 Å². The van der Waals surface area contributed by atoms with Gasteiger partial charge in [-0.1, -0.05) is 121 Å². The number of hydrogen-bond donors (Lipinski definition) is 2. The Morgan fingerprint density at radius 1 is 0.553 bits per heavy atom. The van der Waals surface area contributed by atoms with Crippen molar-refractivity contribution < 1.29 is 29.3 Å². The smallest absolute Gasteiger partial charge is 0.306 e. The SMILES string of the molecule is CC(COC(=O)CCc1cc(C(C)(C)C)c(O)c(C(C)(C)C)c1)CC(C)COC(=O)CCc1cc(C(C)(C)C)c(O)c(C(C)(C)C)c1. The van der Waals surface area contributed by atoms with Crippen molar-refractivity contribution in [3.63, 3.8) is 0 Å². The van der Waals surface area contributed by atoms with Crippen molar-refractivity contribution in [1.29, 1.82) is 0 Å². The second-order valence-corrected chi connectivity index (χ2v) is 17.9. The van der Waals surface area contributed by atoms with Crippen molar-refractivity contribution in [2.75, 3.05) is 13.2 Å². The molecule has 47 heavy (non-hydrogen) atoms. The molecule has 2 aromatic carbocycles. The van der Waals surface area contributed by atoms with Gasteiger partial charge in [0.25, 0.3) is 0 Å². The second-order valence-electron chi connectivity index (χ2n) is 17.9. The summed E-state index contributed by atoms with van der Waals surface area (Å²) in [6.07, 6.45) is 2.40. The molecule has 0 aliphatic heterocycles. The number of aromatic hydroxyl groups is 2. The average Bonchev–Trinajstić information content (AvgIpc) is 2.91. The minimum Gasteiger partial charge on any atom is -0.507 e. The van der Waals surface area contributed by atoms with Crippen LogP contribution in [0.4, 0.5) is 0 Å².